The minimum atomic E-state index is 0.786. The quantitative estimate of drug-likeness (QED) is 0.794. The van der Waals surface area contributed by atoms with Crippen molar-refractivity contribution in [2.45, 2.75) is 52.0 Å². The van der Waals surface area contributed by atoms with E-state index < -0.39 is 0 Å². The molecule has 0 amide bonds. The highest BCUT2D eigenvalue weighted by Gasteiger charge is 2.24. The Morgan fingerprint density at radius 1 is 1.12 bits per heavy atom. The molecule has 0 radical (unpaired) electrons. The van der Waals surface area contributed by atoms with Crippen molar-refractivity contribution in [1.82, 2.24) is 5.32 Å². The van der Waals surface area contributed by atoms with Crippen molar-refractivity contribution >= 4 is 0 Å². The molecular formula is C14H27NO. The maximum Gasteiger partial charge on any atom is 0.0495 e. The Morgan fingerprint density at radius 2 is 2.00 bits per heavy atom. The van der Waals surface area contributed by atoms with Crippen molar-refractivity contribution in [3.8, 4) is 0 Å². The van der Waals surface area contributed by atoms with Crippen molar-refractivity contribution in [3.63, 3.8) is 0 Å². The zero-order valence-electron chi connectivity index (χ0n) is 10.9. The van der Waals surface area contributed by atoms with Gasteiger partial charge in [0.25, 0.3) is 0 Å². The fourth-order valence-corrected chi connectivity index (χ4v) is 3.04. The molecule has 4 unspecified atom stereocenters. The van der Waals surface area contributed by atoms with Crippen LogP contribution in [0, 0.1) is 17.8 Å². The summed E-state index contributed by atoms with van der Waals surface area (Å²) in [5, 5.41) is 3.74. The number of hydrogen-bond donors (Lipinski definition) is 1. The summed E-state index contributed by atoms with van der Waals surface area (Å²) in [5.41, 5.74) is 0. The van der Waals surface area contributed by atoms with Crippen LogP contribution in [0.4, 0.5) is 0 Å². The highest BCUT2D eigenvalue weighted by atomic mass is 16.5. The largest absolute Gasteiger partial charge is 0.381 e. The molecule has 0 spiro atoms. The first-order chi connectivity index (χ1) is 7.75. The molecule has 0 aromatic carbocycles. The number of hydrogen-bond acceptors (Lipinski definition) is 2. The van der Waals surface area contributed by atoms with Crippen molar-refractivity contribution in [1.29, 1.82) is 0 Å². The van der Waals surface area contributed by atoms with Gasteiger partial charge in [0.05, 0.1) is 0 Å². The molecule has 2 heteroatoms. The topological polar surface area (TPSA) is 21.3 Å². The van der Waals surface area contributed by atoms with Gasteiger partial charge in [0, 0.05) is 19.3 Å². The van der Waals surface area contributed by atoms with Crippen LogP contribution in [0.15, 0.2) is 0 Å². The minimum absolute atomic E-state index is 0.786. The van der Waals surface area contributed by atoms with Crippen molar-refractivity contribution in [2.75, 3.05) is 19.8 Å². The third-order valence-electron chi connectivity index (χ3n) is 4.61. The molecule has 1 heterocycles. The molecule has 94 valence electrons. The molecule has 2 aliphatic rings. The second-order valence-corrected chi connectivity index (χ2v) is 5.94. The molecule has 1 N–H and O–H groups in total. The molecule has 1 saturated heterocycles. The molecule has 0 aromatic rings. The smallest absolute Gasteiger partial charge is 0.0495 e. The summed E-state index contributed by atoms with van der Waals surface area (Å²) in [4.78, 5) is 0. The van der Waals surface area contributed by atoms with Crippen LogP contribution in [0.5, 0.6) is 0 Å². The van der Waals surface area contributed by atoms with E-state index in [-0.39, 0.29) is 0 Å². The first-order valence-corrected chi connectivity index (χ1v) is 7.07. The van der Waals surface area contributed by atoms with E-state index in [0.717, 1.165) is 37.0 Å². The van der Waals surface area contributed by atoms with Gasteiger partial charge in [0.2, 0.25) is 0 Å². The van der Waals surface area contributed by atoms with E-state index in [1.54, 1.807) is 0 Å². The molecule has 16 heavy (non-hydrogen) atoms. The lowest BCUT2D eigenvalue weighted by Gasteiger charge is -2.32. The summed E-state index contributed by atoms with van der Waals surface area (Å²) in [7, 11) is 0. The first kappa shape index (κ1) is 12.4. The van der Waals surface area contributed by atoms with Gasteiger partial charge in [0.1, 0.15) is 0 Å². The standard InChI is InChI=1S/C14H27NO/c1-11-3-4-14(9-12(11)2)15-7-5-13-6-8-16-10-13/h11-15H,3-10H2,1-2H3. The van der Waals surface area contributed by atoms with E-state index in [4.69, 9.17) is 4.74 Å². The maximum atomic E-state index is 5.40. The van der Waals surface area contributed by atoms with Crippen LogP contribution in [0.1, 0.15) is 46.0 Å². The third-order valence-corrected chi connectivity index (χ3v) is 4.61. The van der Waals surface area contributed by atoms with Gasteiger partial charge in [-0.05, 0) is 56.4 Å². The average molecular weight is 225 g/mol. The Balaban J connectivity index is 1.59. The van der Waals surface area contributed by atoms with Gasteiger partial charge in [0.15, 0.2) is 0 Å². The summed E-state index contributed by atoms with van der Waals surface area (Å²) in [6.45, 7) is 7.99. The van der Waals surface area contributed by atoms with Crippen LogP contribution >= 0.6 is 0 Å². The maximum absolute atomic E-state index is 5.40. The van der Waals surface area contributed by atoms with E-state index in [1.165, 1.54) is 38.6 Å². The summed E-state index contributed by atoms with van der Waals surface area (Å²) >= 11 is 0. The average Bonchev–Trinajstić information content (AvgIpc) is 2.76. The summed E-state index contributed by atoms with van der Waals surface area (Å²) in [6, 6.07) is 0.786. The van der Waals surface area contributed by atoms with Crippen LogP contribution in [0.3, 0.4) is 0 Å². The second-order valence-electron chi connectivity index (χ2n) is 5.94. The molecule has 1 aliphatic heterocycles. The van der Waals surface area contributed by atoms with Crippen LogP contribution in [-0.4, -0.2) is 25.8 Å². The Bertz CT molecular complexity index is 201. The molecule has 2 fully saturated rings. The molecule has 2 rings (SSSR count). The van der Waals surface area contributed by atoms with Crippen molar-refractivity contribution in [2.24, 2.45) is 17.8 Å². The van der Waals surface area contributed by atoms with E-state index >= 15 is 0 Å². The lowest BCUT2D eigenvalue weighted by molar-refractivity contribution is 0.182. The Hall–Kier alpha value is -0.0800. The zero-order chi connectivity index (χ0) is 11.4. The molecule has 4 atom stereocenters. The van der Waals surface area contributed by atoms with Gasteiger partial charge in [-0.25, -0.2) is 0 Å². The highest BCUT2D eigenvalue weighted by molar-refractivity contribution is 4.80. The Kier molecular flexibility index (Phi) is 4.66. The Morgan fingerprint density at radius 3 is 2.69 bits per heavy atom. The second kappa shape index (κ2) is 6.02. The lowest BCUT2D eigenvalue weighted by atomic mass is 9.79. The molecule has 0 bridgehead atoms. The van der Waals surface area contributed by atoms with Gasteiger partial charge < -0.3 is 10.1 Å². The fraction of sp³-hybridized carbons (Fsp3) is 1.00. The van der Waals surface area contributed by atoms with Gasteiger partial charge in [-0.15, -0.1) is 0 Å². The monoisotopic (exact) mass is 225 g/mol. The number of ether oxygens (including phenoxy) is 1. The van der Waals surface area contributed by atoms with Gasteiger partial charge in [-0.1, -0.05) is 13.8 Å². The molecule has 1 saturated carbocycles. The van der Waals surface area contributed by atoms with Gasteiger partial charge in [-0.3, -0.25) is 0 Å². The molecule has 1 aliphatic carbocycles. The van der Waals surface area contributed by atoms with Gasteiger partial charge in [-0.2, -0.15) is 0 Å². The lowest BCUT2D eigenvalue weighted by Crippen LogP contribution is -2.37. The molecule has 2 nitrogen and oxygen atoms in total. The molecule has 0 aromatic heterocycles. The number of rotatable bonds is 4. The zero-order valence-corrected chi connectivity index (χ0v) is 10.9. The fourth-order valence-electron chi connectivity index (χ4n) is 3.04. The minimum Gasteiger partial charge on any atom is -0.381 e. The van der Waals surface area contributed by atoms with E-state index in [9.17, 15) is 0 Å². The van der Waals surface area contributed by atoms with Crippen molar-refractivity contribution < 1.29 is 4.74 Å². The predicted octanol–water partition coefficient (Wildman–Crippen LogP) is 2.83. The summed E-state index contributed by atoms with van der Waals surface area (Å²) < 4.78 is 5.40. The predicted molar refractivity (Wildman–Crippen MR) is 67.5 cm³/mol. The van der Waals surface area contributed by atoms with E-state index in [2.05, 4.69) is 19.2 Å². The van der Waals surface area contributed by atoms with E-state index in [0.29, 0.717) is 0 Å². The van der Waals surface area contributed by atoms with Gasteiger partial charge >= 0.3 is 0 Å². The summed E-state index contributed by atoms with van der Waals surface area (Å²) in [5.74, 6) is 2.66. The van der Waals surface area contributed by atoms with Crippen molar-refractivity contribution in [3.05, 3.63) is 0 Å². The van der Waals surface area contributed by atoms with Crippen LogP contribution in [0.2, 0.25) is 0 Å². The normalized spacial score (nSPS) is 40.1. The Labute approximate surface area is 100 Å². The summed E-state index contributed by atoms with van der Waals surface area (Å²) in [6.07, 6.45) is 6.75. The first-order valence-electron chi connectivity index (χ1n) is 7.07. The SMILES string of the molecule is CC1CCC(NCCC2CCOC2)CC1C. The molecular weight excluding hydrogens is 198 g/mol. The van der Waals surface area contributed by atoms with Crippen LogP contribution < -0.4 is 5.32 Å². The third kappa shape index (κ3) is 3.46. The van der Waals surface area contributed by atoms with Crippen LogP contribution in [0.25, 0.3) is 0 Å². The number of nitrogens with one attached hydrogen (secondary N) is 1. The van der Waals surface area contributed by atoms with Crippen LogP contribution in [-0.2, 0) is 4.74 Å². The highest BCUT2D eigenvalue weighted by Crippen LogP contribution is 2.29. The van der Waals surface area contributed by atoms with E-state index in [1.807, 2.05) is 0 Å².